The second-order valence-corrected chi connectivity index (χ2v) is 8.44. The highest BCUT2D eigenvalue weighted by molar-refractivity contribution is 7.98. The molecule has 0 radical (unpaired) electrons. The van der Waals surface area contributed by atoms with Crippen LogP contribution in [-0.4, -0.2) is 63.6 Å². The molecule has 4 nitrogen and oxygen atoms in total. The van der Waals surface area contributed by atoms with Crippen LogP contribution < -0.4 is 5.32 Å². The Labute approximate surface area is 136 Å². The van der Waals surface area contributed by atoms with Gasteiger partial charge in [0.1, 0.15) is 0 Å². The molecule has 1 N–H and O–H groups in total. The third-order valence-electron chi connectivity index (χ3n) is 0.825. The lowest BCUT2D eigenvalue weighted by atomic mass is 10.3. The van der Waals surface area contributed by atoms with E-state index in [1.807, 2.05) is 20.9 Å². The number of methoxy groups -OCH3 is 2. The van der Waals surface area contributed by atoms with Gasteiger partial charge in [0.05, 0.1) is 6.10 Å². The van der Waals surface area contributed by atoms with Gasteiger partial charge in [-0.15, -0.1) is 0 Å². The molecule has 0 atom stereocenters. The molecule has 5 heteroatoms. The van der Waals surface area contributed by atoms with Gasteiger partial charge in [-0.05, 0) is 48.7 Å². The summed E-state index contributed by atoms with van der Waals surface area (Å²) in [6, 6.07) is 0. The first-order chi connectivity index (χ1) is 9.33. The van der Waals surface area contributed by atoms with Crippen LogP contribution in [0.4, 0.5) is 0 Å². The predicted molar refractivity (Wildman–Crippen MR) is 102 cm³/mol. The predicted octanol–water partition coefficient (Wildman–Crippen LogP) is 3.15. The maximum atomic E-state index is 10.1. The number of hydrogen-bond donors (Lipinski definition) is 1. The van der Waals surface area contributed by atoms with E-state index in [4.69, 9.17) is 4.74 Å². The fraction of sp³-hybridized carbons (Fsp3) is 0.938. The van der Waals surface area contributed by atoms with Crippen LogP contribution in [0.1, 0.15) is 41.5 Å². The molecule has 0 fully saturated rings. The topological polar surface area (TPSA) is 47.6 Å². The van der Waals surface area contributed by atoms with Gasteiger partial charge in [0, 0.05) is 33.8 Å². The van der Waals surface area contributed by atoms with E-state index in [1.54, 1.807) is 33.8 Å². The molecule has 0 amide bonds. The summed E-state index contributed by atoms with van der Waals surface area (Å²) in [6.45, 7) is 13.6. The fourth-order valence-corrected chi connectivity index (χ4v) is 0. The van der Waals surface area contributed by atoms with Gasteiger partial charge in [-0.3, -0.25) is 4.21 Å². The molecule has 0 aromatic rings. The SMILES string of the molecule is C=S(C)(C)=O.CC(C)C.CCNC.COC.COC(C)C. The summed E-state index contributed by atoms with van der Waals surface area (Å²) in [7, 11) is 5.21. The van der Waals surface area contributed by atoms with Gasteiger partial charge in [0.2, 0.25) is 0 Å². The first-order valence-electron chi connectivity index (χ1n) is 7.18. The molecule has 0 aromatic carbocycles. The molecule has 0 aromatic heterocycles. The lowest BCUT2D eigenvalue weighted by Gasteiger charge is -1.94. The van der Waals surface area contributed by atoms with Crippen molar-refractivity contribution in [2.75, 3.05) is 47.4 Å². The van der Waals surface area contributed by atoms with E-state index in [9.17, 15) is 4.21 Å². The Morgan fingerprint density at radius 2 is 1.14 bits per heavy atom. The summed E-state index contributed by atoms with van der Waals surface area (Å²) in [6.07, 6.45) is 3.59. The molecule has 0 aliphatic rings. The average Bonchev–Trinajstić information content (AvgIpc) is 2.27. The molecule has 0 heterocycles. The van der Waals surface area contributed by atoms with E-state index in [0.29, 0.717) is 6.10 Å². The highest BCUT2D eigenvalue weighted by Crippen LogP contribution is 1.81. The van der Waals surface area contributed by atoms with E-state index in [1.165, 1.54) is 0 Å². The van der Waals surface area contributed by atoms with Crippen molar-refractivity contribution in [3.8, 4) is 0 Å². The van der Waals surface area contributed by atoms with Crippen LogP contribution in [0.2, 0.25) is 0 Å². The van der Waals surface area contributed by atoms with Crippen LogP contribution in [0.5, 0.6) is 0 Å². The van der Waals surface area contributed by atoms with Crippen LogP contribution >= 0.6 is 0 Å². The van der Waals surface area contributed by atoms with Crippen LogP contribution in [0.15, 0.2) is 0 Å². The molecule has 21 heavy (non-hydrogen) atoms. The zero-order chi connectivity index (χ0) is 18.5. The molecule has 0 saturated carbocycles. The Hall–Kier alpha value is -0.100. The van der Waals surface area contributed by atoms with E-state index >= 15 is 0 Å². The number of hydrogen-bond acceptors (Lipinski definition) is 4. The Balaban J connectivity index is -0.0000000514. The molecule has 0 rings (SSSR count). The summed E-state index contributed by atoms with van der Waals surface area (Å²) in [5.41, 5.74) is 0. The van der Waals surface area contributed by atoms with Gasteiger partial charge >= 0.3 is 0 Å². The Morgan fingerprint density at radius 1 is 1.05 bits per heavy atom. The Morgan fingerprint density at radius 3 is 1.14 bits per heavy atom. The fourth-order valence-electron chi connectivity index (χ4n) is 0. The zero-order valence-electron chi connectivity index (χ0n) is 16.7. The van der Waals surface area contributed by atoms with Gasteiger partial charge in [0.15, 0.2) is 0 Å². The van der Waals surface area contributed by atoms with E-state index in [0.717, 1.165) is 12.5 Å². The van der Waals surface area contributed by atoms with Gasteiger partial charge in [-0.1, -0.05) is 27.7 Å². The van der Waals surface area contributed by atoms with Crippen molar-refractivity contribution in [1.29, 1.82) is 0 Å². The van der Waals surface area contributed by atoms with Gasteiger partial charge in [-0.2, -0.15) is 0 Å². The molecule has 0 aliphatic carbocycles. The Kier molecular flexibility index (Phi) is 43.8. The molecule has 0 aliphatic heterocycles. The lowest BCUT2D eigenvalue weighted by molar-refractivity contribution is 0.134. The van der Waals surface area contributed by atoms with Crippen molar-refractivity contribution in [2.45, 2.75) is 47.6 Å². The van der Waals surface area contributed by atoms with Crippen LogP contribution in [-0.2, 0) is 19.0 Å². The van der Waals surface area contributed by atoms with E-state index in [2.05, 4.69) is 43.6 Å². The highest BCUT2D eigenvalue weighted by atomic mass is 32.2. The Bertz CT molecular complexity index is 213. The van der Waals surface area contributed by atoms with Gasteiger partial charge in [0.25, 0.3) is 0 Å². The minimum Gasteiger partial charge on any atom is -0.388 e. The smallest absolute Gasteiger partial charge is 0.0515 e. The molecular weight excluding hydrogens is 286 g/mol. The van der Waals surface area contributed by atoms with Crippen molar-refractivity contribution in [2.24, 2.45) is 5.92 Å². The molecule has 0 unspecified atom stereocenters. The quantitative estimate of drug-likeness (QED) is 0.791. The second kappa shape index (κ2) is 28.1. The van der Waals surface area contributed by atoms with E-state index < -0.39 is 9.52 Å². The number of nitrogens with one attached hydrogen (secondary N) is 1. The van der Waals surface area contributed by atoms with Crippen molar-refractivity contribution in [1.82, 2.24) is 5.32 Å². The monoisotopic (exact) mass is 329 g/mol. The summed E-state index contributed by atoms with van der Waals surface area (Å²) >= 11 is 0. The molecule has 0 saturated heterocycles. The van der Waals surface area contributed by atoms with Crippen molar-refractivity contribution in [3.05, 3.63) is 0 Å². The van der Waals surface area contributed by atoms with Crippen LogP contribution in [0.3, 0.4) is 0 Å². The van der Waals surface area contributed by atoms with Crippen LogP contribution in [0, 0.1) is 5.92 Å². The first-order valence-corrected chi connectivity index (χ1v) is 9.72. The van der Waals surface area contributed by atoms with Crippen molar-refractivity contribution in [3.63, 3.8) is 0 Å². The maximum Gasteiger partial charge on any atom is 0.0515 e. The summed E-state index contributed by atoms with van der Waals surface area (Å²) in [5, 5.41) is 2.93. The van der Waals surface area contributed by atoms with Crippen molar-refractivity contribution >= 4 is 15.4 Å². The standard InChI is InChI=1S/C4H10O.C4H10.C3H9N.C3H8OS.C2H6O/c1-4(2)5-3;1-4(2)3;1-3-4-2;1-5(2,3)4;1-3-2/h4H,1-3H3;4H,1-3H3;4H,3H2,1-2H3;1H2,2-3H3;1-2H3. The molecule has 136 valence electrons. The van der Waals surface area contributed by atoms with Crippen LogP contribution in [0.25, 0.3) is 0 Å². The van der Waals surface area contributed by atoms with Gasteiger partial charge < -0.3 is 14.8 Å². The first kappa shape index (κ1) is 32.7. The highest BCUT2D eigenvalue weighted by Gasteiger charge is 1.78. The summed E-state index contributed by atoms with van der Waals surface area (Å²) in [4.78, 5) is 0. The molecular formula is C16H43NO3S. The zero-order valence-corrected chi connectivity index (χ0v) is 17.5. The summed E-state index contributed by atoms with van der Waals surface area (Å²) in [5.74, 6) is 4.13. The number of ether oxygens (including phenoxy) is 2. The minimum absolute atomic E-state index is 0.384. The minimum atomic E-state index is -1.67. The largest absolute Gasteiger partial charge is 0.388 e. The lowest BCUT2D eigenvalue weighted by Crippen LogP contribution is -2.01. The summed E-state index contributed by atoms with van der Waals surface area (Å²) < 4.78 is 19.1. The van der Waals surface area contributed by atoms with E-state index in [-0.39, 0.29) is 0 Å². The average molecular weight is 330 g/mol. The molecule has 0 bridgehead atoms. The third kappa shape index (κ3) is 758. The second-order valence-electron chi connectivity index (χ2n) is 5.57. The number of rotatable bonds is 2. The molecule has 0 spiro atoms. The van der Waals surface area contributed by atoms with Gasteiger partial charge in [-0.25, -0.2) is 0 Å². The van der Waals surface area contributed by atoms with Crippen molar-refractivity contribution < 1.29 is 13.7 Å². The normalized spacial score (nSPS) is 9.05. The third-order valence-corrected chi connectivity index (χ3v) is 0.825. The maximum absolute atomic E-state index is 10.1.